The lowest BCUT2D eigenvalue weighted by molar-refractivity contribution is -0.141. The van der Waals surface area contributed by atoms with Crippen LogP contribution in [0.2, 0.25) is 0 Å². The van der Waals surface area contributed by atoms with Gasteiger partial charge in [0, 0.05) is 11.0 Å². The quantitative estimate of drug-likeness (QED) is 0.876. The van der Waals surface area contributed by atoms with Crippen molar-refractivity contribution in [2.45, 2.75) is 13.3 Å². The normalized spacial score (nSPS) is 11.9. The molecule has 98 valence electrons. The summed E-state index contributed by atoms with van der Waals surface area (Å²) in [6.45, 7) is 1.75. The van der Waals surface area contributed by atoms with Crippen molar-refractivity contribution in [3.05, 3.63) is 34.1 Å². The molecule has 0 aliphatic heterocycles. The first-order valence-corrected chi connectivity index (χ1v) is 6.17. The van der Waals surface area contributed by atoms with Gasteiger partial charge in [-0.2, -0.15) is 0 Å². The number of carbonyl (C=O) groups is 2. The minimum Gasteiger partial charge on any atom is -0.481 e. The van der Waals surface area contributed by atoms with Crippen LogP contribution >= 0.6 is 15.9 Å². The van der Waals surface area contributed by atoms with Crippen molar-refractivity contribution >= 4 is 27.8 Å². The molecule has 0 spiro atoms. The number of amides is 1. The third kappa shape index (κ3) is 4.10. The van der Waals surface area contributed by atoms with Gasteiger partial charge in [-0.15, -0.1) is 0 Å². The van der Waals surface area contributed by atoms with E-state index in [1.807, 2.05) is 0 Å². The van der Waals surface area contributed by atoms with E-state index in [4.69, 9.17) is 5.11 Å². The Balaban J connectivity index is 2.53. The number of aliphatic carboxylic acids is 1. The van der Waals surface area contributed by atoms with Crippen molar-refractivity contribution < 1.29 is 19.1 Å². The van der Waals surface area contributed by atoms with Crippen LogP contribution < -0.4 is 5.32 Å². The van der Waals surface area contributed by atoms with Gasteiger partial charge in [-0.1, -0.05) is 22.9 Å². The van der Waals surface area contributed by atoms with Crippen molar-refractivity contribution in [2.24, 2.45) is 5.92 Å². The van der Waals surface area contributed by atoms with Gasteiger partial charge in [0.1, 0.15) is 5.82 Å². The molecule has 0 radical (unpaired) electrons. The Kier molecular flexibility index (Phi) is 5.27. The molecule has 0 bridgehead atoms. The largest absolute Gasteiger partial charge is 0.481 e. The van der Waals surface area contributed by atoms with E-state index in [2.05, 4.69) is 21.2 Å². The number of carbonyl (C=O) groups excluding carboxylic acids is 1. The van der Waals surface area contributed by atoms with Crippen LogP contribution in [-0.4, -0.2) is 23.5 Å². The number of halogens is 2. The molecule has 1 amide bonds. The molecule has 0 aliphatic rings. The molecule has 0 aliphatic carbocycles. The highest BCUT2D eigenvalue weighted by molar-refractivity contribution is 9.10. The van der Waals surface area contributed by atoms with E-state index < -0.39 is 23.6 Å². The van der Waals surface area contributed by atoms with Crippen molar-refractivity contribution in [2.75, 3.05) is 6.54 Å². The number of nitrogens with one attached hydrogen (secondary N) is 1. The molecule has 0 heterocycles. The Hall–Kier alpha value is -1.43. The van der Waals surface area contributed by atoms with Crippen LogP contribution in [0, 0.1) is 11.7 Å². The average Bonchev–Trinajstić information content (AvgIpc) is 2.28. The van der Waals surface area contributed by atoms with E-state index in [0.717, 1.165) is 0 Å². The zero-order valence-electron chi connectivity index (χ0n) is 9.74. The lowest BCUT2D eigenvalue weighted by Crippen LogP contribution is -2.27. The number of carboxylic acid groups (broad SMARTS) is 1. The smallest absolute Gasteiger partial charge is 0.306 e. The molecular weight excluding hydrogens is 305 g/mol. The third-order valence-electron chi connectivity index (χ3n) is 2.46. The zero-order valence-corrected chi connectivity index (χ0v) is 11.3. The SMILES string of the molecule is CC(CCNC(=O)c1ccc(Br)cc1F)C(=O)O. The molecule has 1 aromatic rings. The molecule has 0 saturated carbocycles. The summed E-state index contributed by atoms with van der Waals surface area (Å²) < 4.78 is 14.0. The van der Waals surface area contributed by atoms with Crippen molar-refractivity contribution in [3.63, 3.8) is 0 Å². The maximum absolute atomic E-state index is 13.4. The molecule has 2 N–H and O–H groups in total. The predicted molar refractivity (Wildman–Crippen MR) is 67.9 cm³/mol. The van der Waals surface area contributed by atoms with Crippen LogP contribution in [0.15, 0.2) is 22.7 Å². The van der Waals surface area contributed by atoms with E-state index >= 15 is 0 Å². The van der Waals surface area contributed by atoms with Gasteiger partial charge in [-0.05, 0) is 24.6 Å². The molecule has 0 fully saturated rings. The second-order valence-electron chi connectivity index (χ2n) is 3.91. The van der Waals surface area contributed by atoms with Crippen molar-refractivity contribution in [3.8, 4) is 0 Å². The summed E-state index contributed by atoms with van der Waals surface area (Å²) >= 11 is 3.10. The predicted octanol–water partition coefficient (Wildman–Crippen LogP) is 2.43. The summed E-state index contributed by atoms with van der Waals surface area (Å²) in [6.07, 6.45) is 0.305. The van der Waals surface area contributed by atoms with Gasteiger partial charge < -0.3 is 10.4 Å². The van der Waals surface area contributed by atoms with Crippen molar-refractivity contribution in [1.82, 2.24) is 5.32 Å². The maximum atomic E-state index is 13.4. The molecule has 18 heavy (non-hydrogen) atoms. The summed E-state index contributed by atoms with van der Waals surface area (Å²) in [5, 5.41) is 11.1. The highest BCUT2D eigenvalue weighted by atomic mass is 79.9. The fraction of sp³-hybridized carbons (Fsp3) is 0.333. The number of hydrogen-bond donors (Lipinski definition) is 2. The van der Waals surface area contributed by atoms with E-state index in [1.165, 1.54) is 12.1 Å². The lowest BCUT2D eigenvalue weighted by Gasteiger charge is -2.08. The van der Waals surface area contributed by atoms with Crippen molar-refractivity contribution in [1.29, 1.82) is 0 Å². The Labute approximate surface area is 112 Å². The van der Waals surface area contributed by atoms with Crippen LogP contribution in [0.3, 0.4) is 0 Å². The molecule has 0 aromatic heterocycles. The topological polar surface area (TPSA) is 66.4 Å². The molecule has 6 heteroatoms. The van der Waals surface area contributed by atoms with Gasteiger partial charge in [0.2, 0.25) is 0 Å². The molecule has 1 unspecified atom stereocenters. The maximum Gasteiger partial charge on any atom is 0.306 e. The number of rotatable bonds is 5. The second-order valence-corrected chi connectivity index (χ2v) is 4.82. The Bertz CT molecular complexity index is 465. The summed E-state index contributed by atoms with van der Waals surface area (Å²) in [5.74, 6) is -2.62. The van der Waals surface area contributed by atoms with Crippen LogP contribution in [-0.2, 0) is 4.79 Å². The zero-order chi connectivity index (χ0) is 13.7. The second kappa shape index (κ2) is 6.49. The fourth-order valence-electron chi connectivity index (χ4n) is 1.29. The first kappa shape index (κ1) is 14.6. The molecule has 1 atom stereocenters. The van der Waals surface area contributed by atoms with E-state index in [1.54, 1.807) is 13.0 Å². The van der Waals surface area contributed by atoms with E-state index in [0.29, 0.717) is 10.9 Å². The highest BCUT2D eigenvalue weighted by Crippen LogP contribution is 2.15. The van der Waals surface area contributed by atoms with E-state index in [9.17, 15) is 14.0 Å². The van der Waals surface area contributed by atoms with Gasteiger partial charge in [-0.3, -0.25) is 9.59 Å². The standard InChI is InChI=1S/C12H13BrFNO3/c1-7(12(17)18)4-5-15-11(16)9-3-2-8(13)6-10(9)14/h2-3,6-7H,4-5H2,1H3,(H,15,16)(H,17,18). The van der Waals surface area contributed by atoms with Gasteiger partial charge in [0.25, 0.3) is 5.91 Å². The van der Waals surface area contributed by atoms with Gasteiger partial charge >= 0.3 is 5.97 Å². The molecule has 4 nitrogen and oxygen atoms in total. The monoisotopic (exact) mass is 317 g/mol. The Morgan fingerprint density at radius 2 is 2.17 bits per heavy atom. The highest BCUT2D eigenvalue weighted by Gasteiger charge is 2.14. The van der Waals surface area contributed by atoms with Gasteiger partial charge in [-0.25, -0.2) is 4.39 Å². The summed E-state index contributed by atoms with van der Waals surface area (Å²) in [6, 6.07) is 4.14. The molecule has 0 saturated heterocycles. The minimum absolute atomic E-state index is 0.0545. The first-order valence-electron chi connectivity index (χ1n) is 5.38. The lowest BCUT2D eigenvalue weighted by atomic mass is 10.1. The minimum atomic E-state index is -0.918. The molecular formula is C12H13BrFNO3. The average molecular weight is 318 g/mol. The number of benzene rings is 1. The number of carboxylic acids is 1. The summed E-state index contributed by atoms with van der Waals surface area (Å²) in [5.41, 5.74) is -0.0545. The van der Waals surface area contributed by atoms with Gasteiger partial charge in [0.15, 0.2) is 0 Å². The molecule has 1 aromatic carbocycles. The van der Waals surface area contributed by atoms with E-state index in [-0.39, 0.29) is 12.1 Å². The number of hydrogen-bond acceptors (Lipinski definition) is 2. The van der Waals surface area contributed by atoms with Crippen LogP contribution in [0.1, 0.15) is 23.7 Å². The van der Waals surface area contributed by atoms with Crippen LogP contribution in [0.4, 0.5) is 4.39 Å². The van der Waals surface area contributed by atoms with Crippen LogP contribution in [0.5, 0.6) is 0 Å². The third-order valence-corrected chi connectivity index (χ3v) is 2.95. The fourth-order valence-corrected chi connectivity index (χ4v) is 1.63. The first-order chi connectivity index (χ1) is 8.41. The summed E-state index contributed by atoms with van der Waals surface area (Å²) in [7, 11) is 0. The molecule has 1 rings (SSSR count). The summed E-state index contributed by atoms with van der Waals surface area (Å²) in [4.78, 5) is 22.2. The Morgan fingerprint density at radius 1 is 1.50 bits per heavy atom. The Morgan fingerprint density at radius 3 is 2.72 bits per heavy atom. The van der Waals surface area contributed by atoms with Crippen LogP contribution in [0.25, 0.3) is 0 Å². The van der Waals surface area contributed by atoms with Gasteiger partial charge in [0.05, 0.1) is 11.5 Å².